The number of nitrogens with zero attached hydrogens (tertiary/aromatic N) is 3. The number of carbonyl (C=O) groups excluding carboxylic acids is 1. The van der Waals surface area contributed by atoms with Gasteiger partial charge in [-0.25, -0.2) is 8.42 Å². The Morgan fingerprint density at radius 2 is 2.26 bits per heavy atom. The number of H-pyrrole nitrogens is 1. The van der Waals surface area contributed by atoms with Gasteiger partial charge in [0.15, 0.2) is 0 Å². The number of aryl methyl sites for hydroxylation is 1. The Hall–Kier alpha value is -2.13. The number of fused-ring (bicyclic) bond motifs is 1. The number of hydrogen-bond donors (Lipinski definition) is 2. The fourth-order valence-corrected chi connectivity index (χ4v) is 3.43. The summed E-state index contributed by atoms with van der Waals surface area (Å²) in [6.07, 6.45) is 3.63. The van der Waals surface area contributed by atoms with Crippen molar-refractivity contribution in [3.63, 3.8) is 0 Å². The van der Waals surface area contributed by atoms with Gasteiger partial charge in [-0.1, -0.05) is 0 Å². The van der Waals surface area contributed by atoms with Crippen molar-refractivity contribution in [2.24, 2.45) is 0 Å². The largest absolute Gasteiger partial charge is 0.357 e. The first kappa shape index (κ1) is 15.8. The zero-order valence-corrected chi connectivity index (χ0v) is 13.6. The van der Waals surface area contributed by atoms with Crippen LogP contribution in [0.1, 0.15) is 28.3 Å². The molecule has 1 amide bonds. The van der Waals surface area contributed by atoms with Gasteiger partial charge in [0.2, 0.25) is 10.0 Å². The van der Waals surface area contributed by atoms with Crippen LogP contribution < -0.4 is 5.32 Å². The normalized spacial score (nSPS) is 15.9. The summed E-state index contributed by atoms with van der Waals surface area (Å²) in [5.41, 5.74) is 2.06. The SMILES string of the molecule is CS(=O)(=O)N1CCCn2nc(CNC(=O)c3ccc[nH]3)cc2C1. The van der Waals surface area contributed by atoms with Crippen molar-refractivity contribution in [3.05, 3.63) is 41.5 Å². The summed E-state index contributed by atoms with van der Waals surface area (Å²) in [5.74, 6) is -0.198. The van der Waals surface area contributed by atoms with E-state index in [4.69, 9.17) is 0 Å². The number of hydrogen-bond acceptors (Lipinski definition) is 4. The maximum Gasteiger partial charge on any atom is 0.268 e. The third-order valence-electron chi connectivity index (χ3n) is 3.77. The minimum Gasteiger partial charge on any atom is -0.357 e. The zero-order chi connectivity index (χ0) is 16.4. The summed E-state index contributed by atoms with van der Waals surface area (Å²) >= 11 is 0. The van der Waals surface area contributed by atoms with Crippen LogP contribution in [-0.4, -0.2) is 46.2 Å². The van der Waals surface area contributed by atoms with Gasteiger partial charge in [0.05, 0.1) is 30.7 Å². The lowest BCUT2D eigenvalue weighted by atomic mass is 10.3. The highest BCUT2D eigenvalue weighted by Crippen LogP contribution is 2.16. The quantitative estimate of drug-likeness (QED) is 0.838. The van der Waals surface area contributed by atoms with E-state index >= 15 is 0 Å². The molecule has 1 aliphatic heterocycles. The standard InChI is InChI=1S/C14H19N5O3S/c1-23(21,22)18-6-3-7-19-12(10-18)8-11(17-19)9-16-14(20)13-4-2-5-15-13/h2,4-5,8,15H,3,6-7,9-10H2,1H3,(H,16,20). The van der Waals surface area contributed by atoms with Crippen molar-refractivity contribution >= 4 is 15.9 Å². The molecule has 0 aliphatic carbocycles. The average molecular weight is 337 g/mol. The molecule has 3 rings (SSSR count). The minimum atomic E-state index is -3.22. The molecular formula is C14H19N5O3S. The van der Waals surface area contributed by atoms with E-state index in [0.717, 1.165) is 17.8 Å². The van der Waals surface area contributed by atoms with E-state index in [1.807, 2.05) is 10.7 Å². The molecule has 0 atom stereocenters. The van der Waals surface area contributed by atoms with Crippen molar-refractivity contribution < 1.29 is 13.2 Å². The van der Waals surface area contributed by atoms with Crippen molar-refractivity contribution in [2.45, 2.75) is 26.1 Å². The number of carbonyl (C=O) groups is 1. The van der Waals surface area contributed by atoms with E-state index in [1.54, 1.807) is 18.3 Å². The first-order valence-electron chi connectivity index (χ1n) is 7.36. The molecule has 0 unspecified atom stereocenters. The van der Waals surface area contributed by atoms with Crippen LogP contribution in [0.4, 0.5) is 0 Å². The molecule has 0 radical (unpaired) electrons. The fourth-order valence-electron chi connectivity index (χ4n) is 2.60. The van der Waals surface area contributed by atoms with E-state index in [1.165, 1.54) is 10.6 Å². The summed E-state index contributed by atoms with van der Waals surface area (Å²) in [6.45, 7) is 1.79. The fraction of sp³-hybridized carbons (Fsp3) is 0.429. The lowest BCUT2D eigenvalue weighted by Crippen LogP contribution is -2.29. The molecule has 0 fully saturated rings. The molecule has 0 saturated carbocycles. The Kier molecular flexibility index (Phi) is 4.22. The third-order valence-corrected chi connectivity index (χ3v) is 5.02. The van der Waals surface area contributed by atoms with Crippen LogP contribution in [0.3, 0.4) is 0 Å². The van der Waals surface area contributed by atoms with Gasteiger partial charge in [-0.3, -0.25) is 9.48 Å². The van der Waals surface area contributed by atoms with Gasteiger partial charge in [0.1, 0.15) is 5.69 Å². The lowest BCUT2D eigenvalue weighted by molar-refractivity contribution is 0.0946. The van der Waals surface area contributed by atoms with E-state index in [9.17, 15) is 13.2 Å². The van der Waals surface area contributed by atoms with E-state index in [-0.39, 0.29) is 5.91 Å². The van der Waals surface area contributed by atoms with Gasteiger partial charge < -0.3 is 10.3 Å². The molecule has 23 heavy (non-hydrogen) atoms. The molecule has 2 N–H and O–H groups in total. The summed E-state index contributed by atoms with van der Waals surface area (Å²) in [6, 6.07) is 5.30. The smallest absolute Gasteiger partial charge is 0.268 e. The molecular weight excluding hydrogens is 318 g/mol. The van der Waals surface area contributed by atoms with Crippen LogP contribution in [0.15, 0.2) is 24.4 Å². The number of amides is 1. The molecule has 124 valence electrons. The average Bonchev–Trinajstić information content (AvgIpc) is 3.10. The molecule has 1 aliphatic rings. The van der Waals surface area contributed by atoms with Crippen molar-refractivity contribution in [1.82, 2.24) is 24.4 Å². The molecule has 9 heteroatoms. The Balaban J connectivity index is 1.69. The number of rotatable bonds is 4. The van der Waals surface area contributed by atoms with E-state index < -0.39 is 10.0 Å². The maximum absolute atomic E-state index is 11.9. The number of sulfonamides is 1. The van der Waals surface area contributed by atoms with Crippen molar-refractivity contribution in [3.8, 4) is 0 Å². The van der Waals surface area contributed by atoms with Crippen molar-refractivity contribution in [1.29, 1.82) is 0 Å². The van der Waals surface area contributed by atoms with Crippen LogP contribution in [0, 0.1) is 0 Å². The number of aromatic nitrogens is 3. The molecule has 0 saturated heterocycles. The predicted molar refractivity (Wildman–Crippen MR) is 84.1 cm³/mol. The molecule has 8 nitrogen and oxygen atoms in total. The van der Waals surface area contributed by atoms with Gasteiger partial charge in [0, 0.05) is 19.3 Å². The Bertz CT molecular complexity index is 794. The van der Waals surface area contributed by atoms with Crippen LogP contribution in [0.25, 0.3) is 0 Å². The van der Waals surface area contributed by atoms with Gasteiger partial charge in [-0.2, -0.15) is 9.40 Å². The second-order valence-electron chi connectivity index (χ2n) is 5.57. The first-order valence-corrected chi connectivity index (χ1v) is 9.20. The summed E-state index contributed by atoms with van der Waals surface area (Å²) in [5, 5.41) is 7.24. The Morgan fingerprint density at radius 1 is 1.43 bits per heavy atom. The monoisotopic (exact) mass is 337 g/mol. The molecule has 0 bridgehead atoms. The van der Waals surface area contributed by atoms with Crippen LogP contribution in [-0.2, 0) is 29.7 Å². The maximum atomic E-state index is 11.9. The molecule has 0 aromatic carbocycles. The second kappa shape index (κ2) is 6.17. The van der Waals surface area contributed by atoms with Gasteiger partial charge >= 0.3 is 0 Å². The molecule has 3 heterocycles. The molecule has 2 aromatic heterocycles. The number of nitrogens with one attached hydrogen (secondary N) is 2. The molecule has 0 spiro atoms. The van der Waals surface area contributed by atoms with Crippen LogP contribution >= 0.6 is 0 Å². The minimum absolute atomic E-state index is 0.198. The van der Waals surface area contributed by atoms with Gasteiger partial charge in [-0.05, 0) is 24.6 Å². The summed E-state index contributed by atoms with van der Waals surface area (Å²) in [4.78, 5) is 14.7. The predicted octanol–water partition coefficient (Wildman–Crippen LogP) is 0.306. The van der Waals surface area contributed by atoms with E-state index in [2.05, 4.69) is 15.4 Å². The Labute approximate surface area is 134 Å². The van der Waals surface area contributed by atoms with Crippen LogP contribution in [0.5, 0.6) is 0 Å². The van der Waals surface area contributed by atoms with Crippen LogP contribution in [0.2, 0.25) is 0 Å². The zero-order valence-electron chi connectivity index (χ0n) is 12.8. The third kappa shape index (κ3) is 3.62. The second-order valence-corrected chi connectivity index (χ2v) is 7.55. The summed E-state index contributed by atoms with van der Waals surface area (Å²) < 4.78 is 26.7. The van der Waals surface area contributed by atoms with E-state index in [0.29, 0.717) is 31.9 Å². The van der Waals surface area contributed by atoms with Gasteiger partial charge in [0.25, 0.3) is 5.91 Å². The molecule has 2 aromatic rings. The first-order chi connectivity index (χ1) is 10.9. The highest BCUT2D eigenvalue weighted by Gasteiger charge is 2.22. The van der Waals surface area contributed by atoms with Gasteiger partial charge in [-0.15, -0.1) is 0 Å². The summed E-state index contributed by atoms with van der Waals surface area (Å²) in [7, 11) is -3.22. The highest BCUT2D eigenvalue weighted by molar-refractivity contribution is 7.88. The Morgan fingerprint density at radius 3 is 2.96 bits per heavy atom. The number of aromatic amines is 1. The highest BCUT2D eigenvalue weighted by atomic mass is 32.2. The lowest BCUT2D eigenvalue weighted by Gasteiger charge is -2.16. The topological polar surface area (TPSA) is 100 Å². The van der Waals surface area contributed by atoms with Crippen molar-refractivity contribution in [2.75, 3.05) is 12.8 Å².